The molecule has 1 aromatic heterocycles. The van der Waals surface area contributed by atoms with Crippen molar-refractivity contribution in [3.05, 3.63) is 24.0 Å². The number of rotatable bonds is 4. The maximum Gasteiger partial charge on any atom is 0.141 e. The number of anilines is 1. The van der Waals surface area contributed by atoms with E-state index in [4.69, 9.17) is 11.1 Å². The Morgan fingerprint density at radius 1 is 1.64 bits per heavy atom. The zero-order valence-corrected chi connectivity index (χ0v) is 8.62. The van der Waals surface area contributed by atoms with Gasteiger partial charge in [0.2, 0.25) is 0 Å². The lowest BCUT2D eigenvalue weighted by atomic mass is 10.2. The highest BCUT2D eigenvalue weighted by Crippen LogP contribution is 2.12. The Balaban J connectivity index is 2.87. The van der Waals surface area contributed by atoms with Gasteiger partial charge in [0.05, 0.1) is 0 Å². The highest BCUT2D eigenvalue weighted by Gasteiger charge is 2.03. The molecule has 4 nitrogen and oxygen atoms in total. The van der Waals surface area contributed by atoms with Crippen molar-refractivity contribution >= 4 is 11.5 Å². The first-order chi connectivity index (χ1) is 6.65. The molecular formula is C10H16N4. The lowest BCUT2D eigenvalue weighted by Gasteiger charge is -2.18. The maximum absolute atomic E-state index is 7.27. The molecule has 0 radical (unpaired) electrons. The number of nitrogens with zero attached hydrogens (tertiary/aromatic N) is 2. The Kier molecular flexibility index (Phi) is 3.45. The van der Waals surface area contributed by atoms with Gasteiger partial charge in [-0.05, 0) is 18.6 Å². The highest BCUT2D eigenvalue weighted by atomic mass is 15.1. The van der Waals surface area contributed by atoms with Crippen LogP contribution in [-0.2, 0) is 0 Å². The lowest BCUT2D eigenvalue weighted by Crippen LogP contribution is -2.19. The van der Waals surface area contributed by atoms with Crippen LogP contribution in [0.15, 0.2) is 18.3 Å². The highest BCUT2D eigenvalue weighted by molar-refractivity contribution is 5.93. The monoisotopic (exact) mass is 192 g/mol. The van der Waals surface area contributed by atoms with Gasteiger partial charge in [0.15, 0.2) is 0 Å². The van der Waals surface area contributed by atoms with E-state index < -0.39 is 0 Å². The van der Waals surface area contributed by atoms with Crippen LogP contribution in [0.1, 0.15) is 19.0 Å². The lowest BCUT2D eigenvalue weighted by molar-refractivity contribution is 0.851. The van der Waals surface area contributed by atoms with E-state index >= 15 is 0 Å². The smallest absolute Gasteiger partial charge is 0.141 e. The quantitative estimate of drug-likeness (QED) is 0.556. The maximum atomic E-state index is 7.27. The van der Waals surface area contributed by atoms with E-state index in [1.807, 2.05) is 19.2 Å². The van der Waals surface area contributed by atoms with Crippen LogP contribution in [0.25, 0.3) is 0 Å². The molecule has 0 aromatic carbocycles. The minimum atomic E-state index is 0.0109. The summed E-state index contributed by atoms with van der Waals surface area (Å²) in [4.78, 5) is 6.12. The molecule has 0 atom stereocenters. The molecule has 0 unspecified atom stereocenters. The predicted octanol–water partition coefficient (Wildman–Crippen LogP) is 1.21. The van der Waals surface area contributed by atoms with Crippen molar-refractivity contribution in [3.8, 4) is 0 Å². The van der Waals surface area contributed by atoms with Crippen LogP contribution < -0.4 is 10.6 Å². The number of nitrogen functional groups attached to an aromatic ring is 1. The fourth-order valence-electron chi connectivity index (χ4n) is 1.27. The number of hydrogen-bond acceptors (Lipinski definition) is 3. The molecule has 4 heteroatoms. The first kappa shape index (κ1) is 10.5. The van der Waals surface area contributed by atoms with Gasteiger partial charge in [-0.1, -0.05) is 6.92 Å². The summed E-state index contributed by atoms with van der Waals surface area (Å²) in [5.41, 5.74) is 6.94. The molecule has 0 fully saturated rings. The molecule has 0 saturated carbocycles. The number of pyridine rings is 1. The Morgan fingerprint density at radius 2 is 2.36 bits per heavy atom. The van der Waals surface area contributed by atoms with Crippen LogP contribution in [0.4, 0.5) is 5.69 Å². The Labute approximate surface area is 84.3 Å². The van der Waals surface area contributed by atoms with Crippen LogP contribution in [0.2, 0.25) is 0 Å². The van der Waals surface area contributed by atoms with Crippen molar-refractivity contribution in [2.75, 3.05) is 18.5 Å². The topological polar surface area (TPSA) is 66.0 Å². The third-order valence-electron chi connectivity index (χ3n) is 2.02. The summed E-state index contributed by atoms with van der Waals surface area (Å²) in [5, 5.41) is 7.27. The number of amidine groups is 1. The SMILES string of the molecule is CCCN(C)c1ccnc(C(=N)N)c1. The minimum absolute atomic E-state index is 0.0109. The molecule has 0 bridgehead atoms. The van der Waals surface area contributed by atoms with Crippen LogP contribution in [-0.4, -0.2) is 24.4 Å². The van der Waals surface area contributed by atoms with E-state index in [0.717, 1.165) is 18.7 Å². The molecule has 0 spiro atoms. The van der Waals surface area contributed by atoms with E-state index in [1.54, 1.807) is 6.20 Å². The van der Waals surface area contributed by atoms with Gasteiger partial charge in [-0.2, -0.15) is 0 Å². The zero-order valence-electron chi connectivity index (χ0n) is 8.62. The Hall–Kier alpha value is -1.58. The van der Waals surface area contributed by atoms with Crippen molar-refractivity contribution in [1.82, 2.24) is 4.98 Å². The number of nitrogens with two attached hydrogens (primary N) is 1. The molecule has 1 heterocycles. The fourth-order valence-corrected chi connectivity index (χ4v) is 1.27. The summed E-state index contributed by atoms with van der Waals surface area (Å²) in [5.74, 6) is 0.0109. The molecule has 1 rings (SSSR count). The van der Waals surface area contributed by atoms with Crippen LogP contribution >= 0.6 is 0 Å². The molecule has 0 aliphatic carbocycles. The van der Waals surface area contributed by atoms with E-state index in [0.29, 0.717) is 5.69 Å². The molecule has 76 valence electrons. The number of nitrogens with one attached hydrogen (secondary N) is 1. The molecular weight excluding hydrogens is 176 g/mol. The van der Waals surface area contributed by atoms with Gasteiger partial charge in [-0.15, -0.1) is 0 Å². The summed E-state index contributed by atoms with van der Waals surface area (Å²) in [6, 6.07) is 3.75. The normalized spacial score (nSPS) is 9.86. The van der Waals surface area contributed by atoms with Crippen molar-refractivity contribution in [3.63, 3.8) is 0 Å². The molecule has 0 saturated heterocycles. The van der Waals surface area contributed by atoms with Crippen molar-refractivity contribution in [2.24, 2.45) is 5.73 Å². The predicted molar refractivity (Wildman–Crippen MR) is 58.8 cm³/mol. The zero-order chi connectivity index (χ0) is 10.6. The van der Waals surface area contributed by atoms with Gasteiger partial charge in [-0.3, -0.25) is 10.4 Å². The second-order valence-electron chi connectivity index (χ2n) is 3.23. The minimum Gasteiger partial charge on any atom is -0.382 e. The Morgan fingerprint density at radius 3 is 2.93 bits per heavy atom. The summed E-state index contributed by atoms with van der Waals surface area (Å²) in [7, 11) is 2.02. The summed E-state index contributed by atoms with van der Waals surface area (Å²) >= 11 is 0. The van der Waals surface area contributed by atoms with Crippen LogP contribution in [0, 0.1) is 5.41 Å². The third kappa shape index (κ3) is 2.45. The average molecular weight is 192 g/mol. The largest absolute Gasteiger partial charge is 0.382 e. The third-order valence-corrected chi connectivity index (χ3v) is 2.02. The second kappa shape index (κ2) is 4.60. The molecule has 1 aromatic rings. The van der Waals surface area contributed by atoms with Crippen LogP contribution in [0.5, 0.6) is 0 Å². The van der Waals surface area contributed by atoms with E-state index in [1.165, 1.54) is 0 Å². The van der Waals surface area contributed by atoms with E-state index in [2.05, 4.69) is 16.8 Å². The first-order valence-corrected chi connectivity index (χ1v) is 4.66. The van der Waals surface area contributed by atoms with Crippen molar-refractivity contribution in [1.29, 1.82) is 5.41 Å². The molecule has 0 aliphatic rings. The first-order valence-electron chi connectivity index (χ1n) is 4.66. The van der Waals surface area contributed by atoms with Gasteiger partial charge in [-0.25, -0.2) is 0 Å². The second-order valence-corrected chi connectivity index (χ2v) is 3.23. The Bertz CT molecular complexity index is 322. The van der Waals surface area contributed by atoms with Crippen molar-refractivity contribution in [2.45, 2.75) is 13.3 Å². The average Bonchev–Trinajstić information content (AvgIpc) is 2.18. The number of hydrogen-bond donors (Lipinski definition) is 2. The van der Waals surface area contributed by atoms with E-state index in [9.17, 15) is 0 Å². The van der Waals surface area contributed by atoms with Gasteiger partial charge in [0, 0.05) is 25.5 Å². The fraction of sp³-hybridized carbons (Fsp3) is 0.400. The summed E-state index contributed by atoms with van der Waals surface area (Å²) < 4.78 is 0. The van der Waals surface area contributed by atoms with Crippen LogP contribution in [0.3, 0.4) is 0 Å². The summed E-state index contributed by atoms with van der Waals surface area (Å²) in [6.45, 7) is 3.12. The van der Waals surface area contributed by atoms with E-state index in [-0.39, 0.29) is 5.84 Å². The van der Waals surface area contributed by atoms with Gasteiger partial charge >= 0.3 is 0 Å². The summed E-state index contributed by atoms with van der Waals surface area (Å²) in [6.07, 6.45) is 2.77. The number of aromatic nitrogens is 1. The van der Waals surface area contributed by atoms with Gasteiger partial charge < -0.3 is 10.6 Å². The molecule has 0 aliphatic heterocycles. The van der Waals surface area contributed by atoms with Crippen molar-refractivity contribution < 1.29 is 0 Å². The molecule has 0 amide bonds. The van der Waals surface area contributed by atoms with Gasteiger partial charge in [0.25, 0.3) is 0 Å². The van der Waals surface area contributed by atoms with Gasteiger partial charge in [0.1, 0.15) is 11.5 Å². The molecule has 14 heavy (non-hydrogen) atoms. The molecule has 3 N–H and O–H groups in total. The standard InChI is InChI=1S/C10H16N4/c1-3-6-14(2)8-4-5-13-9(7-8)10(11)12/h4-5,7H,3,6H2,1-2H3,(H3,11,12).